The molecule has 8 nitrogen and oxygen atoms in total. The minimum absolute atomic E-state index is 0.0449. The number of rotatable bonds is 7. The van der Waals surface area contributed by atoms with Crippen molar-refractivity contribution in [2.24, 2.45) is 0 Å². The predicted molar refractivity (Wildman–Crippen MR) is 92.6 cm³/mol. The predicted octanol–water partition coefficient (Wildman–Crippen LogP) is 2.85. The van der Waals surface area contributed by atoms with Gasteiger partial charge < -0.3 is 5.11 Å². The highest BCUT2D eigenvalue weighted by atomic mass is 79.9. The number of nitro groups is 1. The quantitative estimate of drug-likeness (QED) is 0.515. The Balaban J connectivity index is 2.38. The SMILES string of the molecule is O=C(O)C[C@@H](NS(=O)(=O)c1ccc(Br)cc1)c1cccc([N+](=O)[O-])c1. The maximum atomic E-state index is 12.5. The molecule has 2 N–H and O–H groups in total. The van der Waals surface area contributed by atoms with Crippen molar-refractivity contribution < 1.29 is 23.2 Å². The fourth-order valence-electron chi connectivity index (χ4n) is 2.13. The number of hydrogen-bond acceptors (Lipinski definition) is 5. The molecule has 0 fully saturated rings. The van der Waals surface area contributed by atoms with E-state index in [-0.39, 0.29) is 16.1 Å². The normalized spacial score (nSPS) is 12.5. The molecule has 0 spiro atoms. The van der Waals surface area contributed by atoms with Crippen LogP contribution >= 0.6 is 15.9 Å². The summed E-state index contributed by atoms with van der Waals surface area (Å²) in [6.45, 7) is 0. The van der Waals surface area contributed by atoms with Gasteiger partial charge in [0.15, 0.2) is 0 Å². The van der Waals surface area contributed by atoms with Crippen molar-refractivity contribution in [2.75, 3.05) is 0 Å². The average Bonchev–Trinajstić information content (AvgIpc) is 2.54. The molecular formula is C15H13BrN2O6S. The zero-order chi connectivity index (χ0) is 18.6. The van der Waals surface area contributed by atoms with Gasteiger partial charge in [0.2, 0.25) is 10.0 Å². The lowest BCUT2D eigenvalue weighted by Gasteiger charge is -2.17. The Morgan fingerprint density at radius 1 is 1.24 bits per heavy atom. The molecule has 1 atom stereocenters. The molecule has 0 amide bonds. The molecule has 0 aromatic heterocycles. The van der Waals surface area contributed by atoms with Crippen molar-refractivity contribution in [2.45, 2.75) is 17.4 Å². The van der Waals surface area contributed by atoms with Crippen LogP contribution in [0.4, 0.5) is 5.69 Å². The van der Waals surface area contributed by atoms with E-state index in [4.69, 9.17) is 5.11 Å². The van der Waals surface area contributed by atoms with Gasteiger partial charge in [-0.05, 0) is 29.8 Å². The van der Waals surface area contributed by atoms with Gasteiger partial charge in [-0.2, -0.15) is 0 Å². The largest absolute Gasteiger partial charge is 0.481 e. The third-order valence-corrected chi connectivity index (χ3v) is 5.30. The van der Waals surface area contributed by atoms with Crippen LogP contribution in [0.3, 0.4) is 0 Å². The zero-order valence-corrected chi connectivity index (χ0v) is 15.0. The maximum Gasteiger partial charge on any atom is 0.305 e. The summed E-state index contributed by atoms with van der Waals surface area (Å²) in [6.07, 6.45) is -0.559. The van der Waals surface area contributed by atoms with Gasteiger partial charge in [-0.25, -0.2) is 13.1 Å². The number of nitrogens with one attached hydrogen (secondary N) is 1. The molecular weight excluding hydrogens is 416 g/mol. The first-order valence-corrected chi connectivity index (χ1v) is 9.21. The van der Waals surface area contributed by atoms with Crippen LogP contribution in [-0.4, -0.2) is 24.4 Å². The second kappa shape index (κ2) is 7.72. The number of non-ortho nitro benzene ring substituents is 1. The molecule has 0 aliphatic carbocycles. The maximum absolute atomic E-state index is 12.5. The van der Waals surface area contributed by atoms with Gasteiger partial charge in [0, 0.05) is 16.6 Å². The van der Waals surface area contributed by atoms with E-state index in [9.17, 15) is 23.3 Å². The van der Waals surface area contributed by atoms with Crippen LogP contribution in [0.25, 0.3) is 0 Å². The highest BCUT2D eigenvalue weighted by Crippen LogP contribution is 2.24. The number of nitrogens with zero attached hydrogens (tertiary/aromatic N) is 1. The Bertz CT molecular complexity index is 898. The summed E-state index contributed by atoms with van der Waals surface area (Å²) in [4.78, 5) is 21.3. The number of sulfonamides is 1. The number of carboxylic acid groups (broad SMARTS) is 1. The highest BCUT2D eigenvalue weighted by Gasteiger charge is 2.24. The molecule has 0 saturated carbocycles. The van der Waals surface area contributed by atoms with Gasteiger partial charge in [-0.15, -0.1) is 0 Å². The van der Waals surface area contributed by atoms with Gasteiger partial charge in [0.25, 0.3) is 5.69 Å². The number of carboxylic acids is 1. The van der Waals surface area contributed by atoms with Gasteiger partial charge >= 0.3 is 5.97 Å². The molecule has 0 aliphatic rings. The molecule has 0 saturated heterocycles. The summed E-state index contributed by atoms with van der Waals surface area (Å²) in [5, 5.41) is 19.9. The van der Waals surface area contributed by atoms with Crippen LogP contribution in [0.5, 0.6) is 0 Å². The average molecular weight is 429 g/mol. The first-order valence-electron chi connectivity index (χ1n) is 6.93. The van der Waals surface area contributed by atoms with Crippen molar-refractivity contribution >= 4 is 37.6 Å². The number of carbonyl (C=O) groups is 1. The van der Waals surface area contributed by atoms with Crippen LogP contribution < -0.4 is 4.72 Å². The molecule has 0 aliphatic heterocycles. The highest BCUT2D eigenvalue weighted by molar-refractivity contribution is 9.10. The summed E-state index contributed by atoms with van der Waals surface area (Å²) < 4.78 is 27.9. The van der Waals surface area contributed by atoms with Crippen molar-refractivity contribution in [1.29, 1.82) is 0 Å². The van der Waals surface area contributed by atoms with Crippen LogP contribution in [-0.2, 0) is 14.8 Å². The second-order valence-electron chi connectivity index (χ2n) is 5.08. The first-order chi connectivity index (χ1) is 11.7. The minimum Gasteiger partial charge on any atom is -0.481 e. The van der Waals surface area contributed by atoms with Gasteiger partial charge in [0.05, 0.1) is 22.3 Å². The Hall–Kier alpha value is -2.30. The molecule has 2 rings (SSSR count). The summed E-state index contributed by atoms with van der Waals surface area (Å²) >= 11 is 3.20. The molecule has 132 valence electrons. The minimum atomic E-state index is -4.01. The van der Waals surface area contributed by atoms with Crippen LogP contribution in [0.15, 0.2) is 57.9 Å². The van der Waals surface area contributed by atoms with E-state index in [1.54, 1.807) is 0 Å². The smallest absolute Gasteiger partial charge is 0.305 e. The topological polar surface area (TPSA) is 127 Å². The molecule has 0 bridgehead atoms. The van der Waals surface area contributed by atoms with Gasteiger partial charge in [-0.3, -0.25) is 14.9 Å². The van der Waals surface area contributed by atoms with Gasteiger partial charge in [0.1, 0.15) is 0 Å². The fraction of sp³-hybridized carbons (Fsp3) is 0.133. The van der Waals surface area contributed by atoms with E-state index in [0.29, 0.717) is 4.47 Å². The number of aliphatic carboxylic acids is 1. The van der Waals surface area contributed by atoms with Crippen LogP contribution in [0.1, 0.15) is 18.0 Å². The number of benzene rings is 2. The Labute approximate surface area is 151 Å². The van der Waals surface area contributed by atoms with E-state index in [2.05, 4.69) is 20.7 Å². The van der Waals surface area contributed by atoms with Gasteiger partial charge in [-0.1, -0.05) is 28.1 Å². The summed E-state index contributed by atoms with van der Waals surface area (Å²) in [7, 11) is -4.01. The lowest BCUT2D eigenvalue weighted by molar-refractivity contribution is -0.384. The monoisotopic (exact) mass is 428 g/mol. The summed E-state index contributed by atoms with van der Waals surface area (Å²) in [6, 6.07) is 9.84. The van der Waals surface area contributed by atoms with E-state index in [1.165, 1.54) is 42.5 Å². The third kappa shape index (κ3) is 5.08. The number of hydrogen-bond donors (Lipinski definition) is 2. The molecule has 10 heteroatoms. The van der Waals surface area contributed by atoms with E-state index in [1.807, 2.05) is 0 Å². The standard InChI is InChI=1S/C15H13BrN2O6S/c16-11-4-6-13(7-5-11)25(23,24)17-14(9-15(19)20)10-2-1-3-12(8-10)18(21)22/h1-8,14,17H,9H2,(H,19,20)/t14-/m1/s1. The lowest BCUT2D eigenvalue weighted by Crippen LogP contribution is -2.30. The number of halogens is 1. The van der Waals surface area contributed by atoms with Crippen LogP contribution in [0.2, 0.25) is 0 Å². The Morgan fingerprint density at radius 2 is 1.88 bits per heavy atom. The number of nitro benzene ring substituents is 1. The van der Waals surface area contributed by atoms with Crippen molar-refractivity contribution in [1.82, 2.24) is 4.72 Å². The lowest BCUT2D eigenvalue weighted by atomic mass is 10.0. The van der Waals surface area contributed by atoms with Crippen molar-refractivity contribution in [3.8, 4) is 0 Å². The van der Waals surface area contributed by atoms with Crippen molar-refractivity contribution in [3.05, 3.63) is 68.7 Å². The molecule has 0 radical (unpaired) electrons. The zero-order valence-electron chi connectivity index (χ0n) is 12.6. The summed E-state index contributed by atoms with van der Waals surface area (Å²) in [5.41, 5.74) is -0.0620. The Morgan fingerprint density at radius 3 is 2.44 bits per heavy atom. The fourth-order valence-corrected chi connectivity index (χ4v) is 3.62. The van der Waals surface area contributed by atoms with E-state index in [0.717, 1.165) is 6.07 Å². The first kappa shape index (κ1) is 19.0. The van der Waals surface area contributed by atoms with Crippen LogP contribution in [0, 0.1) is 10.1 Å². The molecule has 2 aromatic rings. The van der Waals surface area contributed by atoms with E-state index >= 15 is 0 Å². The van der Waals surface area contributed by atoms with Crippen molar-refractivity contribution in [3.63, 3.8) is 0 Å². The third-order valence-electron chi connectivity index (χ3n) is 3.28. The molecule has 25 heavy (non-hydrogen) atoms. The summed E-state index contributed by atoms with van der Waals surface area (Å²) in [5.74, 6) is -1.24. The Kier molecular flexibility index (Phi) is 5.88. The van der Waals surface area contributed by atoms with E-state index < -0.39 is 33.4 Å². The molecule has 0 unspecified atom stereocenters. The molecule has 0 heterocycles. The molecule has 2 aromatic carbocycles. The second-order valence-corrected chi connectivity index (χ2v) is 7.71.